The lowest BCUT2D eigenvalue weighted by Crippen LogP contribution is -2.34. The molecule has 1 heterocycles. The molecule has 1 N–H and O–H groups in total. The largest absolute Gasteiger partial charge is 0.463 e. The van der Waals surface area contributed by atoms with Gasteiger partial charge in [0.1, 0.15) is 6.54 Å². The van der Waals surface area contributed by atoms with Crippen molar-refractivity contribution in [2.75, 3.05) is 24.2 Å². The quantitative estimate of drug-likeness (QED) is 0.622. The monoisotopic (exact) mass is 362 g/mol. The van der Waals surface area contributed by atoms with Crippen LogP contribution in [0.25, 0.3) is 0 Å². The number of ether oxygens (including phenoxy) is 1. The Morgan fingerprint density at radius 2 is 2.08 bits per heavy atom. The summed E-state index contributed by atoms with van der Waals surface area (Å²) in [5.41, 5.74) is 1.76. The van der Waals surface area contributed by atoms with Crippen LogP contribution in [0.15, 0.2) is 35.4 Å². The number of benzene rings is 1. The summed E-state index contributed by atoms with van der Waals surface area (Å²) in [4.78, 5) is 37.3. The van der Waals surface area contributed by atoms with Crippen LogP contribution in [0.5, 0.6) is 0 Å². The molecule has 0 radical (unpaired) electrons. The van der Waals surface area contributed by atoms with Crippen molar-refractivity contribution in [2.24, 2.45) is 0 Å². The zero-order valence-corrected chi connectivity index (χ0v) is 15.4. The Morgan fingerprint density at radius 3 is 2.76 bits per heavy atom. The lowest BCUT2D eigenvalue weighted by Gasteiger charge is -2.18. The number of rotatable bonds is 6. The maximum atomic E-state index is 12.4. The molecule has 0 spiro atoms. The van der Waals surface area contributed by atoms with E-state index in [0.717, 1.165) is 11.3 Å². The van der Waals surface area contributed by atoms with Crippen molar-refractivity contribution in [1.82, 2.24) is 4.90 Å². The van der Waals surface area contributed by atoms with E-state index in [9.17, 15) is 14.4 Å². The second-order valence-corrected chi connectivity index (χ2v) is 6.79. The Kier molecular flexibility index (Phi) is 6.64. The summed E-state index contributed by atoms with van der Waals surface area (Å²) in [5.74, 6) is -0.553. The molecule has 0 unspecified atom stereocenters. The second-order valence-electron chi connectivity index (χ2n) is 5.79. The minimum Gasteiger partial charge on any atom is -0.463 e. The number of carbonyl (C=O) groups excluding carboxylic acids is 3. The van der Waals surface area contributed by atoms with Gasteiger partial charge in [0.15, 0.2) is 0 Å². The summed E-state index contributed by atoms with van der Waals surface area (Å²) in [6.45, 7) is 5.93. The zero-order chi connectivity index (χ0) is 18.4. The highest BCUT2D eigenvalue weighted by Crippen LogP contribution is 2.29. The van der Waals surface area contributed by atoms with Gasteiger partial charge in [0.25, 0.3) is 0 Å². The molecule has 1 fully saturated rings. The van der Waals surface area contributed by atoms with Crippen molar-refractivity contribution in [3.8, 4) is 0 Å². The topological polar surface area (TPSA) is 75.7 Å². The molecule has 25 heavy (non-hydrogen) atoms. The Bertz CT molecular complexity index is 700. The van der Waals surface area contributed by atoms with Gasteiger partial charge in [0, 0.05) is 5.69 Å². The van der Waals surface area contributed by atoms with Crippen LogP contribution in [-0.2, 0) is 19.1 Å². The van der Waals surface area contributed by atoms with E-state index in [-0.39, 0.29) is 36.6 Å². The first-order valence-electron chi connectivity index (χ1n) is 8.12. The first-order chi connectivity index (χ1) is 11.9. The van der Waals surface area contributed by atoms with Gasteiger partial charge in [-0.25, -0.2) is 4.79 Å². The molecule has 1 aliphatic rings. The summed E-state index contributed by atoms with van der Waals surface area (Å²) in [6, 6.07) is 7.57. The summed E-state index contributed by atoms with van der Waals surface area (Å²) in [5, 5.41) is 3.29. The lowest BCUT2D eigenvalue weighted by atomic mass is 10.0. The summed E-state index contributed by atoms with van der Waals surface area (Å²) >= 11 is 1.23. The molecule has 0 saturated carbocycles. The average molecular weight is 362 g/mol. The molecule has 0 aliphatic carbocycles. The van der Waals surface area contributed by atoms with E-state index in [1.807, 2.05) is 38.1 Å². The van der Waals surface area contributed by atoms with Gasteiger partial charge < -0.3 is 10.1 Å². The maximum absolute atomic E-state index is 12.4. The van der Waals surface area contributed by atoms with E-state index in [1.54, 1.807) is 6.92 Å². The van der Waals surface area contributed by atoms with Gasteiger partial charge in [-0.15, -0.1) is 0 Å². The highest BCUT2D eigenvalue weighted by Gasteiger charge is 2.29. The van der Waals surface area contributed by atoms with Crippen LogP contribution in [0.3, 0.4) is 0 Å². The molecule has 1 saturated heterocycles. The van der Waals surface area contributed by atoms with E-state index in [1.165, 1.54) is 22.7 Å². The number of carbonyl (C=O) groups is 3. The summed E-state index contributed by atoms with van der Waals surface area (Å²) in [7, 11) is 0. The van der Waals surface area contributed by atoms with Crippen LogP contribution >= 0.6 is 11.8 Å². The maximum Gasteiger partial charge on any atom is 0.333 e. The standard InChI is InChI=1S/C18H22N2O4S/c1-4-24-18(23)9-17-20(16(22)11-25-17)10-15(21)19-14-8-6-5-7-13(14)12(2)3/h5-9,12H,4,10-11H2,1-3H3,(H,19,21)/b17-9-. The van der Waals surface area contributed by atoms with Crippen molar-refractivity contribution >= 4 is 35.2 Å². The van der Waals surface area contributed by atoms with Crippen molar-refractivity contribution in [1.29, 1.82) is 0 Å². The number of nitrogens with zero attached hydrogens (tertiary/aromatic N) is 1. The summed E-state index contributed by atoms with van der Waals surface area (Å²) < 4.78 is 4.86. The number of anilines is 1. The van der Waals surface area contributed by atoms with E-state index in [2.05, 4.69) is 5.32 Å². The van der Waals surface area contributed by atoms with Crippen LogP contribution in [0.2, 0.25) is 0 Å². The van der Waals surface area contributed by atoms with Gasteiger partial charge in [0.05, 0.1) is 23.5 Å². The van der Waals surface area contributed by atoms with Crippen LogP contribution in [0.1, 0.15) is 32.3 Å². The van der Waals surface area contributed by atoms with Crippen LogP contribution in [0, 0.1) is 0 Å². The van der Waals surface area contributed by atoms with Crippen molar-refractivity contribution < 1.29 is 19.1 Å². The van der Waals surface area contributed by atoms with Gasteiger partial charge in [-0.3, -0.25) is 14.5 Å². The van der Waals surface area contributed by atoms with Crippen molar-refractivity contribution in [3.63, 3.8) is 0 Å². The Morgan fingerprint density at radius 1 is 1.36 bits per heavy atom. The Balaban J connectivity index is 2.08. The van der Waals surface area contributed by atoms with Crippen molar-refractivity contribution in [2.45, 2.75) is 26.7 Å². The third-order valence-electron chi connectivity index (χ3n) is 3.60. The first kappa shape index (κ1) is 19.1. The highest BCUT2D eigenvalue weighted by atomic mass is 32.2. The molecular weight excluding hydrogens is 340 g/mol. The van der Waals surface area contributed by atoms with Crippen LogP contribution < -0.4 is 5.32 Å². The molecule has 2 amide bonds. The number of amides is 2. The van der Waals surface area contributed by atoms with Crippen molar-refractivity contribution in [3.05, 3.63) is 40.9 Å². The van der Waals surface area contributed by atoms with E-state index in [4.69, 9.17) is 4.74 Å². The Hall–Kier alpha value is -2.28. The SMILES string of the molecule is CCOC(=O)/C=C1\SCC(=O)N1CC(=O)Nc1ccccc1C(C)C. The molecule has 6 nitrogen and oxygen atoms in total. The third kappa shape index (κ3) is 5.09. The minimum atomic E-state index is -0.518. The van der Waals surface area contributed by atoms with Gasteiger partial charge >= 0.3 is 5.97 Å². The van der Waals surface area contributed by atoms with Gasteiger partial charge in [-0.05, 0) is 24.5 Å². The van der Waals surface area contributed by atoms with Crippen LogP contribution in [-0.4, -0.2) is 41.6 Å². The fraction of sp³-hybridized carbons (Fsp3) is 0.389. The van der Waals surface area contributed by atoms with Gasteiger partial charge in [-0.1, -0.05) is 43.8 Å². The number of hydrogen-bond acceptors (Lipinski definition) is 5. The lowest BCUT2D eigenvalue weighted by molar-refractivity contribution is -0.137. The average Bonchev–Trinajstić information content (AvgIpc) is 2.88. The Labute approximate surface area is 151 Å². The smallest absolute Gasteiger partial charge is 0.333 e. The highest BCUT2D eigenvalue weighted by molar-refractivity contribution is 8.04. The van der Waals surface area contributed by atoms with Gasteiger partial charge in [-0.2, -0.15) is 0 Å². The molecule has 1 aromatic rings. The molecule has 0 bridgehead atoms. The number of esters is 1. The third-order valence-corrected chi connectivity index (χ3v) is 4.62. The molecule has 1 aliphatic heterocycles. The van der Waals surface area contributed by atoms with E-state index >= 15 is 0 Å². The summed E-state index contributed by atoms with van der Waals surface area (Å²) in [6.07, 6.45) is 1.26. The fourth-order valence-electron chi connectivity index (χ4n) is 2.43. The molecule has 0 aromatic heterocycles. The number of para-hydroxylation sites is 1. The molecule has 2 rings (SSSR count). The number of hydrogen-bond donors (Lipinski definition) is 1. The normalized spacial score (nSPS) is 15.8. The fourth-order valence-corrected chi connectivity index (χ4v) is 3.36. The van der Waals surface area contributed by atoms with Gasteiger partial charge in [0.2, 0.25) is 11.8 Å². The number of thioether (sulfide) groups is 1. The predicted octanol–water partition coefficient (Wildman–Crippen LogP) is 2.73. The first-order valence-corrected chi connectivity index (χ1v) is 9.11. The molecule has 1 aromatic carbocycles. The molecule has 134 valence electrons. The van der Waals surface area contributed by atoms with E-state index < -0.39 is 5.97 Å². The minimum absolute atomic E-state index is 0.135. The predicted molar refractivity (Wildman–Crippen MR) is 98.0 cm³/mol. The zero-order valence-electron chi connectivity index (χ0n) is 14.6. The molecule has 7 heteroatoms. The van der Waals surface area contributed by atoms with E-state index in [0.29, 0.717) is 5.03 Å². The number of nitrogens with one attached hydrogen (secondary N) is 1. The van der Waals surface area contributed by atoms with Crippen LogP contribution in [0.4, 0.5) is 5.69 Å². The second kappa shape index (κ2) is 8.71. The molecule has 0 atom stereocenters. The molecular formula is C18H22N2O4S.